The van der Waals surface area contributed by atoms with E-state index in [0.717, 1.165) is 20.9 Å². The summed E-state index contributed by atoms with van der Waals surface area (Å²) >= 11 is 1.67. The van der Waals surface area contributed by atoms with E-state index in [1.54, 1.807) is 11.8 Å². The number of aliphatic hydroxyl groups excluding tert-OH is 1. The second-order valence-electron chi connectivity index (χ2n) is 3.37. The molecule has 0 fully saturated rings. The van der Waals surface area contributed by atoms with Crippen molar-refractivity contribution < 1.29 is 5.11 Å². The molecular weight excluding hydrogens is 206 g/mol. The Labute approximate surface area is 92.0 Å². The highest BCUT2D eigenvalue weighted by molar-refractivity contribution is 8.03. The van der Waals surface area contributed by atoms with E-state index < -0.39 is 0 Å². The molecule has 0 bridgehead atoms. The van der Waals surface area contributed by atoms with Crippen LogP contribution >= 0.6 is 11.8 Å². The van der Waals surface area contributed by atoms with Crippen LogP contribution in [0.5, 0.6) is 0 Å². The van der Waals surface area contributed by atoms with Crippen LogP contribution in [-0.4, -0.2) is 5.11 Å². The summed E-state index contributed by atoms with van der Waals surface area (Å²) in [6, 6.07) is 7.88. The zero-order valence-corrected chi connectivity index (χ0v) is 8.71. The minimum Gasteiger partial charge on any atom is -0.507 e. The third-order valence-electron chi connectivity index (χ3n) is 2.44. The fraction of sp³-hybridized carbons (Fsp3) is 0. The zero-order chi connectivity index (χ0) is 10.3. The third kappa shape index (κ3) is 1.27. The van der Waals surface area contributed by atoms with Crippen molar-refractivity contribution in [3.63, 3.8) is 0 Å². The van der Waals surface area contributed by atoms with Gasteiger partial charge in [0, 0.05) is 33.3 Å². The summed E-state index contributed by atoms with van der Waals surface area (Å²) in [4.78, 5) is 2.16. The Bertz CT molecular complexity index is 514. The van der Waals surface area contributed by atoms with Gasteiger partial charge in [0.1, 0.15) is 5.76 Å². The van der Waals surface area contributed by atoms with Gasteiger partial charge in [-0.2, -0.15) is 0 Å². The van der Waals surface area contributed by atoms with Crippen molar-refractivity contribution in [1.82, 2.24) is 5.32 Å². The van der Waals surface area contributed by atoms with Gasteiger partial charge in [0.25, 0.3) is 0 Å². The SMILES string of the molecule is OC1=C2C=CNC=C2Sc2ccccc21. The minimum atomic E-state index is 0.369. The van der Waals surface area contributed by atoms with Crippen molar-refractivity contribution in [3.8, 4) is 0 Å². The Morgan fingerprint density at radius 2 is 2.07 bits per heavy atom. The number of hydrogen-bond donors (Lipinski definition) is 2. The lowest BCUT2D eigenvalue weighted by molar-refractivity contribution is 0.506. The first kappa shape index (κ1) is 8.68. The maximum Gasteiger partial charge on any atom is 0.132 e. The van der Waals surface area contributed by atoms with Crippen LogP contribution in [0.2, 0.25) is 0 Å². The number of thioether (sulfide) groups is 1. The molecule has 2 aliphatic rings. The smallest absolute Gasteiger partial charge is 0.132 e. The highest BCUT2D eigenvalue weighted by atomic mass is 32.2. The van der Waals surface area contributed by atoms with Gasteiger partial charge in [-0.15, -0.1) is 0 Å². The first-order chi connectivity index (χ1) is 7.36. The van der Waals surface area contributed by atoms with E-state index in [-0.39, 0.29) is 0 Å². The maximum atomic E-state index is 10.1. The molecule has 2 nitrogen and oxygen atoms in total. The largest absolute Gasteiger partial charge is 0.507 e. The van der Waals surface area contributed by atoms with Gasteiger partial charge in [-0.25, -0.2) is 0 Å². The van der Waals surface area contributed by atoms with E-state index in [1.807, 2.05) is 42.7 Å². The van der Waals surface area contributed by atoms with E-state index >= 15 is 0 Å². The molecule has 3 heteroatoms. The number of benzene rings is 1. The van der Waals surface area contributed by atoms with Crippen LogP contribution < -0.4 is 5.32 Å². The molecular formula is C12H9NOS. The molecule has 0 atom stereocenters. The molecule has 0 aliphatic carbocycles. The first-order valence-corrected chi connectivity index (χ1v) is 5.51. The Morgan fingerprint density at radius 1 is 1.20 bits per heavy atom. The first-order valence-electron chi connectivity index (χ1n) is 4.70. The predicted molar refractivity (Wildman–Crippen MR) is 62.2 cm³/mol. The van der Waals surface area contributed by atoms with Gasteiger partial charge in [0.15, 0.2) is 0 Å². The fourth-order valence-corrected chi connectivity index (χ4v) is 2.77. The molecule has 0 spiro atoms. The zero-order valence-electron chi connectivity index (χ0n) is 7.90. The standard InChI is InChI=1S/C12H9NOS/c14-12-8-3-1-2-4-10(8)15-11-7-13-6-5-9(11)12/h1-7,13-14H. The quantitative estimate of drug-likeness (QED) is 0.697. The normalized spacial score (nSPS) is 17.7. The van der Waals surface area contributed by atoms with E-state index in [0.29, 0.717) is 5.76 Å². The van der Waals surface area contributed by atoms with Crippen LogP contribution in [0.4, 0.5) is 0 Å². The van der Waals surface area contributed by atoms with Crippen LogP contribution in [0.25, 0.3) is 5.76 Å². The van der Waals surface area contributed by atoms with E-state index in [2.05, 4.69) is 5.32 Å². The number of allylic oxidation sites excluding steroid dienone is 2. The monoisotopic (exact) mass is 215 g/mol. The molecule has 1 aromatic rings. The van der Waals surface area contributed by atoms with Crippen LogP contribution in [0, 0.1) is 0 Å². The van der Waals surface area contributed by atoms with Crippen molar-refractivity contribution in [3.05, 3.63) is 58.8 Å². The van der Waals surface area contributed by atoms with Crippen molar-refractivity contribution in [2.45, 2.75) is 4.90 Å². The Morgan fingerprint density at radius 3 is 3.00 bits per heavy atom. The summed E-state index contributed by atoms with van der Waals surface area (Å²) in [6.07, 6.45) is 5.63. The van der Waals surface area contributed by atoms with E-state index in [9.17, 15) is 5.11 Å². The summed E-state index contributed by atoms with van der Waals surface area (Å²) in [5, 5.41) is 13.1. The number of aliphatic hydroxyl groups is 1. The molecule has 15 heavy (non-hydrogen) atoms. The molecule has 3 rings (SSSR count). The molecule has 2 aliphatic heterocycles. The van der Waals surface area contributed by atoms with Gasteiger partial charge in [-0.05, 0) is 12.1 Å². The second kappa shape index (κ2) is 3.21. The summed E-state index contributed by atoms with van der Waals surface area (Å²) in [5.41, 5.74) is 1.82. The van der Waals surface area contributed by atoms with Crippen molar-refractivity contribution >= 4 is 17.5 Å². The van der Waals surface area contributed by atoms with Crippen molar-refractivity contribution in [2.24, 2.45) is 0 Å². The van der Waals surface area contributed by atoms with Gasteiger partial charge in [-0.3, -0.25) is 0 Å². The molecule has 1 aromatic carbocycles. The molecule has 0 saturated heterocycles. The number of rotatable bonds is 0. The third-order valence-corrected chi connectivity index (χ3v) is 3.58. The molecule has 74 valence electrons. The maximum absolute atomic E-state index is 10.1. The fourth-order valence-electron chi connectivity index (χ4n) is 1.71. The molecule has 0 amide bonds. The lowest BCUT2D eigenvalue weighted by Crippen LogP contribution is -2.07. The average molecular weight is 215 g/mol. The summed E-state index contributed by atoms with van der Waals surface area (Å²) < 4.78 is 0. The molecule has 0 saturated carbocycles. The lowest BCUT2D eigenvalue weighted by atomic mass is 10.1. The highest BCUT2D eigenvalue weighted by Crippen LogP contribution is 2.44. The Hall–Kier alpha value is -1.61. The van der Waals surface area contributed by atoms with Crippen molar-refractivity contribution in [1.29, 1.82) is 0 Å². The number of hydrogen-bond acceptors (Lipinski definition) is 3. The second-order valence-corrected chi connectivity index (χ2v) is 4.45. The highest BCUT2D eigenvalue weighted by Gasteiger charge is 2.22. The molecule has 0 radical (unpaired) electrons. The lowest BCUT2D eigenvalue weighted by Gasteiger charge is -2.21. The van der Waals surface area contributed by atoms with Gasteiger partial charge >= 0.3 is 0 Å². The molecule has 0 unspecified atom stereocenters. The van der Waals surface area contributed by atoms with Crippen LogP contribution in [0.15, 0.2) is 58.1 Å². The minimum absolute atomic E-state index is 0.369. The number of dihydropyridines is 1. The molecule has 2 N–H and O–H groups in total. The van der Waals surface area contributed by atoms with Gasteiger partial charge < -0.3 is 10.4 Å². The summed E-state index contributed by atoms with van der Waals surface area (Å²) in [7, 11) is 0. The summed E-state index contributed by atoms with van der Waals surface area (Å²) in [5.74, 6) is 0.369. The van der Waals surface area contributed by atoms with E-state index in [1.165, 1.54) is 0 Å². The van der Waals surface area contributed by atoms with Gasteiger partial charge in [0.2, 0.25) is 0 Å². The van der Waals surface area contributed by atoms with Crippen LogP contribution in [0.1, 0.15) is 5.56 Å². The summed E-state index contributed by atoms with van der Waals surface area (Å²) in [6.45, 7) is 0. The van der Waals surface area contributed by atoms with Crippen molar-refractivity contribution in [2.75, 3.05) is 0 Å². The Kier molecular flexibility index (Phi) is 1.86. The number of nitrogens with one attached hydrogen (secondary N) is 1. The molecule has 0 aromatic heterocycles. The van der Waals surface area contributed by atoms with E-state index in [4.69, 9.17) is 0 Å². The van der Waals surface area contributed by atoms with Crippen LogP contribution in [0.3, 0.4) is 0 Å². The molecule has 2 heterocycles. The topological polar surface area (TPSA) is 32.3 Å². The average Bonchev–Trinajstić information content (AvgIpc) is 2.30. The van der Waals surface area contributed by atoms with Gasteiger partial charge in [-0.1, -0.05) is 30.0 Å². The van der Waals surface area contributed by atoms with Gasteiger partial charge in [0.05, 0.1) is 0 Å². The van der Waals surface area contributed by atoms with Crippen LogP contribution in [-0.2, 0) is 0 Å². The Balaban J connectivity index is 2.25. The predicted octanol–water partition coefficient (Wildman–Crippen LogP) is 3.02. The number of fused-ring (bicyclic) bond motifs is 2.